The van der Waals surface area contributed by atoms with Crippen molar-refractivity contribution in [2.75, 3.05) is 25.9 Å². The molecule has 21 heavy (non-hydrogen) atoms. The number of alkyl halides is 3. The maximum Gasteiger partial charge on any atom is 0.416 e. The first-order chi connectivity index (χ1) is 9.67. The van der Waals surface area contributed by atoms with E-state index in [9.17, 15) is 23.1 Å². The number of anilines is 1. The van der Waals surface area contributed by atoms with Crippen LogP contribution in [0.3, 0.4) is 0 Å². The molecule has 0 spiro atoms. The summed E-state index contributed by atoms with van der Waals surface area (Å²) in [6.07, 6.45) is -4.04. The van der Waals surface area contributed by atoms with Gasteiger partial charge in [0.1, 0.15) is 0 Å². The average molecular weight is 302 g/mol. The summed E-state index contributed by atoms with van der Waals surface area (Å²) in [6, 6.07) is 2.90. The molecule has 0 amide bonds. The number of carboxylic acid groups (broad SMARTS) is 1. The van der Waals surface area contributed by atoms with Gasteiger partial charge < -0.3 is 15.7 Å². The minimum atomic E-state index is -4.52. The number of carbonyl (C=O) groups is 1. The summed E-state index contributed by atoms with van der Waals surface area (Å²) in [5, 5.41) is 9.59. The molecule has 7 heteroatoms. The predicted octanol–water partition coefficient (Wildman–Crippen LogP) is 2.34. The Morgan fingerprint density at radius 1 is 1.33 bits per heavy atom. The summed E-state index contributed by atoms with van der Waals surface area (Å²) in [7, 11) is 1.85. The van der Waals surface area contributed by atoms with E-state index in [0.717, 1.165) is 18.2 Å². The van der Waals surface area contributed by atoms with Gasteiger partial charge in [-0.05, 0) is 56.7 Å². The van der Waals surface area contributed by atoms with Crippen molar-refractivity contribution in [3.63, 3.8) is 0 Å². The molecule has 1 aromatic carbocycles. The smallest absolute Gasteiger partial charge is 0.416 e. The SMILES string of the molecule is CN1CCC(C(=O)O)(c2cc(C(F)(F)F)ccc2N)CC1. The number of aliphatic carboxylic acids is 1. The minimum absolute atomic E-state index is 0.0675. The van der Waals surface area contributed by atoms with Crippen LogP contribution in [0.1, 0.15) is 24.0 Å². The molecule has 3 N–H and O–H groups in total. The van der Waals surface area contributed by atoms with Gasteiger partial charge in [0, 0.05) is 5.69 Å². The number of benzene rings is 1. The molecule has 0 aliphatic carbocycles. The van der Waals surface area contributed by atoms with Gasteiger partial charge in [-0.25, -0.2) is 0 Å². The first-order valence-corrected chi connectivity index (χ1v) is 6.56. The summed E-state index contributed by atoms with van der Waals surface area (Å²) in [5.74, 6) is -1.12. The molecule has 0 aromatic heterocycles. The molecular formula is C14H17F3N2O2. The molecule has 1 saturated heterocycles. The van der Waals surface area contributed by atoms with Gasteiger partial charge in [-0.2, -0.15) is 13.2 Å². The summed E-state index contributed by atoms with van der Waals surface area (Å²) in [6.45, 7) is 1.00. The van der Waals surface area contributed by atoms with Gasteiger partial charge in [0.05, 0.1) is 11.0 Å². The van der Waals surface area contributed by atoms with Gasteiger partial charge in [-0.15, -0.1) is 0 Å². The Morgan fingerprint density at radius 3 is 2.38 bits per heavy atom. The maximum atomic E-state index is 12.9. The number of hydrogen-bond donors (Lipinski definition) is 2. The van der Waals surface area contributed by atoms with Crippen LogP contribution in [0.15, 0.2) is 18.2 Å². The second-order valence-electron chi connectivity index (χ2n) is 5.49. The number of halogens is 3. The highest BCUT2D eigenvalue weighted by atomic mass is 19.4. The van der Waals surface area contributed by atoms with E-state index < -0.39 is 23.1 Å². The fourth-order valence-electron chi connectivity index (χ4n) is 2.75. The normalized spacial score (nSPS) is 19.4. The van der Waals surface area contributed by atoms with Gasteiger partial charge in [-0.1, -0.05) is 0 Å². The number of carboxylic acids is 1. The molecule has 1 fully saturated rings. The topological polar surface area (TPSA) is 66.6 Å². The lowest BCUT2D eigenvalue weighted by Gasteiger charge is -2.38. The second-order valence-corrected chi connectivity index (χ2v) is 5.49. The summed E-state index contributed by atoms with van der Waals surface area (Å²) in [4.78, 5) is 13.7. The van der Waals surface area contributed by atoms with E-state index in [-0.39, 0.29) is 24.1 Å². The molecule has 0 unspecified atom stereocenters. The van der Waals surface area contributed by atoms with E-state index in [1.54, 1.807) is 0 Å². The van der Waals surface area contributed by atoms with Gasteiger partial charge in [0.25, 0.3) is 0 Å². The lowest BCUT2D eigenvalue weighted by atomic mass is 9.72. The first-order valence-electron chi connectivity index (χ1n) is 6.56. The van der Waals surface area contributed by atoms with Crippen molar-refractivity contribution in [2.45, 2.75) is 24.4 Å². The number of likely N-dealkylation sites (tertiary alicyclic amines) is 1. The highest BCUT2D eigenvalue weighted by Gasteiger charge is 2.45. The third-order valence-corrected chi connectivity index (χ3v) is 4.15. The monoisotopic (exact) mass is 302 g/mol. The minimum Gasteiger partial charge on any atom is -0.481 e. The third-order valence-electron chi connectivity index (χ3n) is 4.15. The van der Waals surface area contributed by atoms with Crippen LogP contribution in [-0.4, -0.2) is 36.1 Å². The zero-order chi connectivity index (χ0) is 15.8. The van der Waals surface area contributed by atoms with Crippen molar-refractivity contribution in [3.8, 4) is 0 Å². The zero-order valence-corrected chi connectivity index (χ0v) is 11.6. The van der Waals surface area contributed by atoms with E-state index in [4.69, 9.17) is 5.73 Å². The Hall–Kier alpha value is -1.76. The molecule has 2 rings (SSSR count). The Balaban J connectivity index is 2.53. The number of piperidine rings is 1. The van der Waals surface area contributed by atoms with Crippen LogP contribution >= 0.6 is 0 Å². The molecule has 0 bridgehead atoms. The standard InChI is InChI=1S/C14H17F3N2O2/c1-19-6-4-13(5-7-19,12(20)21)10-8-9(14(15,16)17)2-3-11(10)18/h2-3,8H,4-7,18H2,1H3,(H,20,21). The predicted molar refractivity (Wildman–Crippen MR) is 71.9 cm³/mol. The molecule has 0 radical (unpaired) electrons. The van der Waals surface area contributed by atoms with Gasteiger partial charge >= 0.3 is 12.1 Å². The first kappa shape index (κ1) is 15.6. The van der Waals surface area contributed by atoms with Gasteiger partial charge in [-0.3, -0.25) is 4.79 Å². The molecule has 1 aromatic rings. The number of nitrogens with two attached hydrogens (primary N) is 1. The van der Waals surface area contributed by atoms with Gasteiger partial charge in [0.15, 0.2) is 0 Å². The Morgan fingerprint density at radius 2 is 1.90 bits per heavy atom. The number of nitrogens with zero attached hydrogens (tertiary/aromatic N) is 1. The van der Waals surface area contributed by atoms with E-state index in [1.165, 1.54) is 0 Å². The third kappa shape index (κ3) is 2.83. The van der Waals surface area contributed by atoms with E-state index in [0.29, 0.717) is 13.1 Å². The Kier molecular flexibility index (Phi) is 3.88. The number of hydrogen-bond acceptors (Lipinski definition) is 3. The van der Waals surface area contributed by atoms with Crippen molar-refractivity contribution in [1.82, 2.24) is 4.90 Å². The summed E-state index contributed by atoms with van der Waals surface area (Å²) < 4.78 is 38.6. The molecule has 1 aliphatic rings. The van der Waals surface area contributed by atoms with Crippen LogP contribution in [-0.2, 0) is 16.4 Å². The Labute approximate surface area is 120 Å². The quantitative estimate of drug-likeness (QED) is 0.823. The van der Waals surface area contributed by atoms with Crippen LogP contribution in [0.5, 0.6) is 0 Å². The average Bonchev–Trinajstić information content (AvgIpc) is 2.39. The fourth-order valence-corrected chi connectivity index (χ4v) is 2.75. The summed E-state index contributed by atoms with van der Waals surface area (Å²) >= 11 is 0. The number of nitrogen functional groups attached to an aromatic ring is 1. The van der Waals surface area contributed by atoms with Crippen LogP contribution in [0.25, 0.3) is 0 Å². The molecular weight excluding hydrogens is 285 g/mol. The molecule has 1 aliphatic heterocycles. The van der Waals surface area contributed by atoms with E-state index >= 15 is 0 Å². The van der Waals surface area contributed by atoms with Crippen LogP contribution < -0.4 is 5.73 Å². The van der Waals surface area contributed by atoms with E-state index in [2.05, 4.69) is 0 Å². The largest absolute Gasteiger partial charge is 0.481 e. The van der Waals surface area contributed by atoms with Crippen molar-refractivity contribution >= 4 is 11.7 Å². The van der Waals surface area contributed by atoms with Gasteiger partial charge in [0.2, 0.25) is 0 Å². The number of rotatable bonds is 2. The lowest BCUT2D eigenvalue weighted by Crippen LogP contribution is -2.46. The Bertz CT molecular complexity index is 550. The van der Waals surface area contributed by atoms with Crippen LogP contribution in [0.4, 0.5) is 18.9 Å². The molecule has 0 saturated carbocycles. The van der Waals surface area contributed by atoms with Crippen LogP contribution in [0, 0.1) is 0 Å². The highest BCUT2D eigenvalue weighted by molar-refractivity contribution is 5.84. The van der Waals surface area contributed by atoms with Crippen molar-refractivity contribution in [1.29, 1.82) is 0 Å². The molecule has 0 atom stereocenters. The fraction of sp³-hybridized carbons (Fsp3) is 0.500. The zero-order valence-electron chi connectivity index (χ0n) is 11.6. The van der Waals surface area contributed by atoms with Crippen molar-refractivity contribution < 1.29 is 23.1 Å². The van der Waals surface area contributed by atoms with Crippen molar-refractivity contribution in [3.05, 3.63) is 29.3 Å². The van der Waals surface area contributed by atoms with Crippen molar-refractivity contribution in [2.24, 2.45) is 0 Å². The lowest BCUT2D eigenvalue weighted by molar-refractivity contribution is -0.146. The molecule has 116 valence electrons. The second kappa shape index (κ2) is 5.22. The summed E-state index contributed by atoms with van der Waals surface area (Å²) in [5.41, 5.74) is 3.72. The van der Waals surface area contributed by atoms with E-state index in [1.807, 2.05) is 11.9 Å². The van der Waals surface area contributed by atoms with Crippen LogP contribution in [0.2, 0.25) is 0 Å². The molecule has 1 heterocycles. The molecule has 4 nitrogen and oxygen atoms in total. The highest BCUT2D eigenvalue weighted by Crippen LogP contribution is 2.41. The maximum absolute atomic E-state index is 12.9.